The monoisotopic (exact) mass is 335 g/mol. The molecule has 0 saturated carbocycles. The van der Waals surface area contributed by atoms with Crippen molar-refractivity contribution < 1.29 is 0 Å². The maximum atomic E-state index is 8.53. The van der Waals surface area contributed by atoms with Crippen LogP contribution in [0, 0.1) is 10.8 Å². The highest BCUT2D eigenvalue weighted by atomic mass is 15.2. The van der Waals surface area contributed by atoms with E-state index in [9.17, 15) is 0 Å². The van der Waals surface area contributed by atoms with Crippen LogP contribution in [-0.2, 0) is 0 Å². The Bertz CT molecular complexity index is 835. The van der Waals surface area contributed by atoms with E-state index in [2.05, 4.69) is 14.9 Å². The Morgan fingerprint density at radius 1 is 1.16 bits per heavy atom. The molecule has 7 nitrogen and oxygen atoms in total. The van der Waals surface area contributed by atoms with Gasteiger partial charge in [-0.15, -0.1) is 0 Å². The summed E-state index contributed by atoms with van der Waals surface area (Å²) in [5.41, 5.74) is 14.7. The van der Waals surface area contributed by atoms with E-state index < -0.39 is 0 Å². The molecule has 0 unspecified atom stereocenters. The van der Waals surface area contributed by atoms with Crippen LogP contribution in [0.15, 0.2) is 36.8 Å². The molecule has 3 rings (SSSR count). The third-order valence-corrected chi connectivity index (χ3v) is 4.33. The highest BCUT2D eigenvalue weighted by Gasteiger charge is 2.17. The molecule has 1 aromatic heterocycles. The lowest BCUT2D eigenvalue weighted by Gasteiger charge is -2.17. The molecule has 128 valence electrons. The summed E-state index contributed by atoms with van der Waals surface area (Å²) in [5, 5.41) is 16.0. The van der Waals surface area contributed by atoms with Gasteiger partial charge < -0.3 is 21.8 Å². The number of hydrogen-bond donors (Lipinski definition) is 4. The predicted octanol–water partition coefficient (Wildman–Crippen LogP) is 2.02. The van der Waals surface area contributed by atoms with Gasteiger partial charge in [-0.05, 0) is 30.5 Å². The number of nitrogens with zero attached hydrogens (tertiary/aromatic N) is 3. The van der Waals surface area contributed by atoms with Crippen LogP contribution in [0.5, 0.6) is 0 Å². The minimum atomic E-state index is 0.226. The summed E-state index contributed by atoms with van der Waals surface area (Å²) >= 11 is 0. The Balaban J connectivity index is 1.96. The number of hydrogen-bond acceptors (Lipinski definition) is 7. The van der Waals surface area contributed by atoms with Crippen LogP contribution in [0.1, 0.15) is 29.7 Å². The zero-order chi connectivity index (χ0) is 17.8. The minimum Gasteiger partial charge on any atom is -0.404 e. The van der Waals surface area contributed by atoms with E-state index in [4.69, 9.17) is 22.3 Å². The zero-order valence-corrected chi connectivity index (χ0v) is 13.9. The lowest BCUT2D eigenvalue weighted by molar-refractivity contribution is 0.925. The van der Waals surface area contributed by atoms with Gasteiger partial charge in [0.05, 0.1) is 11.4 Å². The van der Waals surface area contributed by atoms with E-state index in [1.807, 2.05) is 6.07 Å². The maximum Gasteiger partial charge on any atom is 0.132 e. The van der Waals surface area contributed by atoms with Gasteiger partial charge in [-0.1, -0.05) is 6.07 Å². The van der Waals surface area contributed by atoms with Crippen LogP contribution in [0.25, 0.3) is 5.57 Å². The summed E-state index contributed by atoms with van der Waals surface area (Å²) in [6.07, 6.45) is 6.34. The van der Waals surface area contributed by atoms with Crippen molar-refractivity contribution in [1.29, 1.82) is 10.8 Å². The largest absolute Gasteiger partial charge is 0.404 e. The number of nitrogens with one attached hydrogen (secondary N) is 2. The van der Waals surface area contributed by atoms with E-state index in [0.717, 1.165) is 37.3 Å². The van der Waals surface area contributed by atoms with Crippen LogP contribution in [0.2, 0.25) is 0 Å². The van der Waals surface area contributed by atoms with E-state index in [0.29, 0.717) is 22.5 Å². The molecule has 1 aliphatic heterocycles. The normalized spacial score (nSPS) is 14.6. The van der Waals surface area contributed by atoms with Crippen molar-refractivity contribution in [2.24, 2.45) is 5.73 Å². The SMILES string of the molecule is N=C/C(=C\N)c1ccc(N)c(C(=N)c2cc(N3CCCC3)ncn2)c1. The standard InChI is InChI=1S/C18H21N7/c19-9-13(10-20)12-3-4-15(21)14(7-12)18(22)16-8-17(24-11-23-16)25-5-1-2-6-25/h3-4,7-11,19,22H,1-2,5-6,20-21H2/b13-10+,19-9?,22-18?. The Hall–Kier alpha value is -3.22. The predicted molar refractivity (Wildman–Crippen MR) is 101 cm³/mol. The first-order chi connectivity index (χ1) is 12.1. The molecule has 7 heteroatoms. The molecular weight excluding hydrogens is 314 g/mol. The lowest BCUT2D eigenvalue weighted by Crippen LogP contribution is -2.20. The molecule has 25 heavy (non-hydrogen) atoms. The summed E-state index contributed by atoms with van der Waals surface area (Å²) in [6, 6.07) is 7.09. The van der Waals surface area contributed by atoms with Crippen molar-refractivity contribution in [3.05, 3.63) is 53.6 Å². The third kappa shape index (κ3) is 3.35. The topological polar surface area (TPSA) is 129 Å². The number of aromatic nitrogens is 2. The first-order valence-electron chi connectivity index (χ1n) is 8.12. The van der Waals surface area contributed by atoms with Crippen molar-refractivity contribution in [3.8, 4) is 0 Å². The number of benzene rings is 1. The summed E-state index contributed by atoms with van der Waals surface area (Å²) in [6.45, 7) is 1.96. The average molecular weight is 335 g/mol. The lowest BCUT2D eigenvalue weighted by atomic mass is 9.99. The summed E-state index contributed by atoms with van der Waals surface area (Å²) in [7, 11) is 0. The van der Waals surface area contributed by atoms with Gasteiger partial charge in [-0.2, -0.15) is 0 Å². The fourth-order valence-corrected chi connectivity index (χ4v) is 2.92. The second-order valence-corrected chi connectivity index (χ2v) is 5.90. The van der Waals surface area contributed by atoms with Crippen molar-refractivity contribution in [3.63, 3.8) is 0 Å². The van der Waals surface area contributed by atoms with Gasteiger partial charge in [0.1, 0.15) is 12.1 Å². The van der Waals surface area contributed by atoms with E-state index >= 15 is 0 Å². The van der Waals surface area contributed by atoms with Crippen LogP contribution < -0.4 is 16.4 Å². The first kappa shape index (κ1) is 16.6. The smallest absolute Gasteiger partial charge is 0.132 e. The molecule has 0 radical (unpaired) electrons. The number of anilines is 2. The van der Waals surface area contributed by atoms with E-state index in [-0.39, 0.29) is 5.71 Å². The number of nitrogen functional groups attached to an aromatic ring is 1. The number of allylic oxidation sites excluding steroid dienone is 1. The van der Waals surface area contributed by atoms with Crippen LogP contribution in [0.3, 0.4) is 0 Å². The summed E-state index contributed by atoms with van der Waals surface area (Å²) in [4.78, 5) is 10.8. The van der Waals surface area contributed by atoms with Crippen molar-refractivity contribution in [1.82, 2.24) is 9.97 Å². The van der Waals surface area contributed by atoms with Crippen molar-refractivity contribution in [2.45, 2.75) is 12.8 Å². The van der Waals surface area contributed by atoms with Crippen LogP contribution >= 0.6 is 0 Å². The fraction of sp³-hybridized carbons (Fsp3) is 0.222. The fourth-order valence-electron chi connectivity index (χ4n) is 2.92. The molecular formula is C18H21N7. The highest BCUT2D eigenvalue weighted by Crippen LogP contribution is 2.23. The molecule has 1 saturated heterocycles. The Morgan fingerprint density at radius 2 is 1.92 bits per heavy atom. The van der Waals surface area contributed by atoms with Gasteiger partial charge in [0, 0.05) is 48.4 Å². The number of rotatable bonds is 5. The van der Waals surface area contributed by atoms with E-state index in [1.54, 1.807) is 18.2 Å². The average Bonchev–Trinajstić information content (AvgIpc) is 3.18. The van der Waals surface area contributed by atoms with Gasteiger partial charge in [0.25, 0.3) is 0 Å². The molecule has 1 fully saturated rings. The van der Waals surface area contributed by atoms with Crippen LogP contribution in [0.4, 0.5) is 11.5 Å². The molecule has 0 bridgehead atoms. The molecule has 6 N–H and O–H groups in total. The van der Waals surface area contributed by atoms with Gasteiger partial charge in [-0.25, -0.2) is 9.97 Å². The van der Waals surface area contributed by atoms with Gasteiger partial charge in [-0.3, -0.25) is 5.41 Å². The number of nitrogens with two attached hydrogens (primary N) is 2. The van der Waals surface area contributed by atoms with Crippen LogP contribution in [-0.4, -0.2) is 35.0 Å². The van der Waals surface area contributed by atoms with Gasteiger partial charge >= 0.3 is 0 Å². The molecule has 0 aliphatic carbocycles. The Kier molecular flexibility index (Phi) is 4.74. The summed E-state index contributed by atoms with van der Waals surface area (Å²) < 4.78 is 0. The molecule has 2 heterocycles. The molecule has 0 atom stereocenters. The maximum absolute atomic E-state index is 8.53. The zero-order valence-electron chi connectivity index (χ0n) is 13.9. The van der Waals surface area contributed by atoms with Crippen molar-refractivity contribution in [2.75, 3.05) is 23.7 Å². The second kappa shape index (κ2) is 7.12. The molecule has 1 aliphatic rings. The first-order valence-corrected chi connectivity index (χ1v) is 8.12. The second-order valence-electron chi connectivity index (χ2n) is 5.90. The Labute approximate surface area is 146 Å². The van der Waals surface area contributed by atoms with Gasteiger partial charge in [0.2, 0.25) is 0 Å². The molecule has 2 aromatic rings. The quantitative estimate of drug-likeness (QED) is 0.491. The Morgan fingerprint density at radius 3 is 2.60 bits per heavy atom. The highest BCUT2D eigenvalue weighted by molar-refractivity contribution is 6.15. The van der Waals surface area contributed by atoms with Gasteiger partial charge in [0.15, 0.2) is 0 Å². The minimum absolute atomic E-state index is 0.226. The van der Waals surface area contributed by atoms with Crippen molar-refractivity contribution >= 4 is 29.0 Å². The van der Waals surface area contributed by atoms with E-state index in [1.165, 1.54) is 18.7 Å². The third-order valence-electron chi connectivity index (χ3n) is 4.33. The summed E-state index contributed by atoms with van der Waals surface area (Å²) in [5.74, 6) is 0.837. The molecule has 1 aromatic carbocycles. The molecule has 0 amide bonds. The molecule has 0 spiro atoms.